The lowest BCUT2D eigenvalue weighted by Gasteiger charge is -2.31. The first kappa shape index (κ1) is 16.4. The maximum Gasteiger partial charge on any atom is 0.220 e. The molecule has 2 nitrogen and oxygen atoms in total. The molecule has 1 saturated heterocycles. The number of benzene rings is 2. The molecule has 1 atom stereocenters. The van der Waals surface area contributed by atoms with E-state index in [0.29, 0.717) is 0 Å². The zero-order chi connectivity index (χ0) is 16.1. The molecular weight excluding hydrogens is 350 g/mol. The third-order valence-corrected chi connectivity index (χ3v) is 5.25. The predicted molar refractivity (Wildman–Crippen MR) is 97.0 cm³/mol. The Labute approximate surface area is 146 Å². The van der Waals surface area contributed by atoms with Gasteiger partial charge in [0.15, 0.2) is 6.04 Å². The highest BCUT2D eigenvalue weighted by molar-refractivity contribution is 9.10. The summed E-state index contributed by atoms with van der Waals surface area (Å²) in [5, 5.41) is 0. The summed E-state index contributed by atoms with van der Waals surface area (Å²) in [6.07, 6.45) is 4.58. The molecule has 0 radical (unpaired) electrons. The molecule has 0 aliphatic carbocycles. The molecule has 1 heterocycles. The molecular formula is C20H23BrNO+. The summed E-state index contributed by atoms with van der Waals surface area (Å²) in [5.41, 5.74) is 2.08. The molecule has 2 aromatic carbocycles. The highest BCUT2D eigenvalue weighted by atomic mass is 79.9. The number of hydrogen-bond donors (Lipinski definition) is 1. The molecule has 3 heteroatoms. The minimum absolute atomic E-state index is 0.0267. The Bertz CT molecular complexity index is 632. The average molecular weight is 373 g/mol. The number of likely N-dealkylation sites (tertiary alicyclic amines) is 1. The summed E-state index contributed by atoms with van der Waals surface area (Å²) in [6, 6.07) is 18.2. The Morgan fingerprint density at radius 1 is 0.957 bits per heavy atom. The molecule has 0 spiro atoms. The van der Waals surface area contributed by atoms with Crippen molar-refractivity contribution in [3.63, 3.8) is 0 Å². The zero-order valence-corrected chi connectivity index (χ0v) is 14.9. The molecule has 1 fully saturated rings. The van der Waals surface area contributed by atoms with E-state index < -0.39 is 0 Å². The minimum atomic E-state index is 0.0267. The third-order valence-electron chi connectivity index (χ3n) is 4.72. The van der Waals surface area contributed by atoms with E-state index in [2.05, 4.69) is 40.2 Å². The Balaban J connectivity index is 1.84. The van der Waals surface area contributed by atoms with Crippen LogP contribution in [-0.4, -0.2) is 24.9 Å². The molecule has 1 N–H and O–H groups in total. The van der Waals surface area contributed by atoms with Crippen LogP contribution in [0, 0.1) is 0 Å². The molecule has 0 saturated carbocycles. The van der Waals surface area contributed by atoms with Crippen molar-refractivity contribution in [2.75, 3.05) is 13.1 Å². The van der Waals surface area contributed by atoms with Gasteiger partial charge in [-0.05, 0) is 37.0 Å². The third kappa shape index (κ3) is 4.30. The van der Waals surface area contributed by atoms with Gasteiger partial charge in [0.05, 0.1) is 13.1 Å². The van der Waals surface area contributed by atoms with Crippen LogP contribution in [0.4, 0.5) is 0 Å². The van der Waals surface area contributed by atoms with Crippen molar-refractivity contribution in [3.8, 4) is 0 Å². The van der Waals surface area contributed by atoms with Crippen molar-refractivity contribution in [2.24, 2.45) is 0 Å². The van der Waals surface area contributed by atoms with Gasteiger partial charge >= 0.3 is 0 Å². The fourth-order valence-electron chi connectivity index (χ4n) is 3.44. The Kier molecular flexibility index (Phi) is 5.63. The van der Waals surface area contributed by atoms with Crippen LogP contribution in [0.2, 0.25) is 0 Å². The van der Waals surface area contributed by atoms with E-state index in [1.165, 1.54) is 29.7 Å². The zero-order valence-electron chi connectivity index (χ0n) is 13.3. The number of rotatable bonds is 5. The number of carbonyl (C=O) groups excluding carboxylic acids is 1. The minimum Gasteiger partial charge on any atom is -0.326 e. The second kappa shape index (κ2) is 7.89. The van der Waals surface area contributed by atoms with E-state index in [4.69, 9.17) is 0 Å². The van der Waals surface area contributed by atoms with Crippen LogP contribution >= 0.6 is 15.9 Å². The average Bonchev–Trinajstić information content (AvgIpc) is 2.61. The highest BCUT2D eigenvalue weighted by Gasteiger charge is 2.31. The molecule has 23 heavy (non-hydrogen) atoms. The topological polar surface area (TPSA) is 21.5 Å². The van der Waals surface area contributed by atoms with Crippen LogP contribution in [0.3, 0.4) is 0 Å². The van der Waals surface area contributed by atoms with Gasteiger partial charge in [0, 0.05) is 16.5 Å². The Morgan fingerprint density at radius 3 is 2.26 bits per heavy atom. The number of carbonyl (C=O) groups is 1. The fraction of sp³-hybridized carbons (Fsp3) is 0.350. The molecule has 0 unspecified atom stereocenters. The second-order valence-corrected chi connectivity index (χ2v) is 7.25. The van der Waals surface area contributed by atoms with Crippen LogP contribution in [-0.2, 0) is 6.42 Å². The van der Waals surface area contributed by atoms with Gasteiger partial charge in [-0.1, -0.05) is 58.4 Å². The first-order valence-electron chi connectivity index (χ1n) is 8.42. The van der Waals surface area contributed by atoms with Gasteiger partial charge in [0.2, 0.25) is 5.78 Å². The molecule has 2 aromatic rings. The van der Waals surface area contributed by atoms with Crippen molar-refractivity contribution >= 4 is 21.7 Å². The van der Waals surface area contributed by atoms with E-state index in [1.807, 2.05) is 30.3 Å². The molecule has 1 aliphatic rings. The maximum atomic E-state index is 13.1. The summed E-state index contributed by atoms with van der Waals surface area (Å²) >= 11 is 3.45. The summed E-state index contributed by atoms with van der Waals surface area (Å²) in [5.74, 6) is 0.276. The molecule has 0 bridgehead atoms. The Morgan fingerprint density at radius 2 is 1.61 bits per heavy atom. The lowest BCUT2D eigenvalue weighted by molar-refractivity contribution is -0.920. The molecule has 3 rings (SSSR count). The van der Waals surface area contributed by atoms with Gasteiger partial charge in [-0.25, -0.2) is 0 Å². The number of piperidine rings is 1. The van der Waals surface area contributed by atoms with Crippen molar-refractivity contribution in [2.45, 2.75) is 31.7 Å². The van der Waals surface area contributed by atoms with Crippen LogP contribution in [0.15, 0.2) is 59.1 Å². The lowest BCUT2D eigenvalue weighted by atomic mass is 9.94. The fourth-order valence-corrected chi connectivity index (χ4v) is 3.71. The van der Waals surface area contributed by atoms with Crippen LogP contribution in [0.25, 0.3) is 0 Å². The summed E-state index contributed by atoms with van der Waals surface area (Å²) < 4.78 is 1.01. The van der Waals surface area contributed by atoms with Gasteiger partial charge in [0.1, 0.15) is 0 Å². The largest absolute Gasteiger partial charge is 0.326 e. The van der Waals surface area contributed by atoms with Gasteiger partial charge in [0.25, 0.3) is 0 Å². The first-order chi connectivity index (χ1) is 11.2. The van der Waals surface area contributed by atoms with Crippen LogP contribution < -0.4 is 4.90 Å². The van der Waals surface area contributed by atoms with Crippen LogP contribution in [0.5, 0.6) is 0 Å². The standard InChI is InChI=1S/C20H22BrNO/c21-18-11-9-17(10-12-18)20(23)19(22-13-5-2-6-14-22)15-16-7-3-1-4-8-16/h1,3-4,7-12,19H,2,5-6,13-15H2/p+1/t19-/m0/s1. The van der Waals surface area contributed by atoms with Gasteiger partial charge in [-0.2, -0.15) is 0 Å². The monoisotopic (exact) mass is 372 g/mol. The van der Waals surface area contributed by atoms with Gasteiger partial charge < -0.3 is 4.90 Å². The number of Topliss-reactive ketones (excluding diaryl/α,β-unsaturated/α-hetero) is 1. The van der Waals surface area contributed by atoms with Gasteiger partial charge in [-0.3, -0.25) is 4.79 Å². The molecule has 120 valence electrons. The summed E-state index contributed by atoms with van der Waals surface area (Å²) in [4.78, 5) is 14.6. The van der Waals surface area contributed by atoms with E-state index in [-0.39, 0.29) is 11.8 Å². The lowest BCUT2D eigenvalue weighted by Crippen LogP contribution is -3.17. The number of nitrogens with one attached hydrogen (secondary N) is 1. The van der Waals surface area contributed by atoms with Crippen molar-refractivity contribution < 1.29 is 9.69 Å². The molecule has 0 aromatic heterocycles. The van der Waals surface area contributed by atoms with Gasteiger partial charge in [-0.15, -0.1) is 0 Å². The van der Waals surface area contributed by atoms with E-state index in [1.54, 1.807) is 0 Å². The quantitative estimate of drug-likeness (QED) is 0.798. The van der Waals surface area contributed by atoms with Crippen molar-refractivity contribution in [3.05, 3.63) is 70.2 Å². The van der Waals surface area contributed by atoms with Crippen molar-refractivity contribution in [1.82, 2.24) is 0 Å². The van der Waals surface area contributed by atoms with E-state index in [0.717, 1.165) is 29.5 Å². The molecule has 0 amide bonds. The van der Waals surface area contributed by atoms with Crippen LogP contribution in [0.1, 0.15) is 35.2 Å². The highest BCUT2D eigenvalue weighted by Crippen LogP contribution is 2.14. The summed E-state index contributed by atoms with van der Waals surface area (Å²) in [6.45, 7) is 2.22. The predicted octanol–water partition coefficient (Wildman–Crippen LogP) is 3.31. The van der Waals surface area contributed by atoms with E-state index in [9.17, 15) is 4.79 Å². The van der Waals surface area contributed by atoms with Crippen molar-refractivity contribution in [1.29, 1.82) is 0 Å². The number of hydrogen-bond acceptors (Lipinski definition) is 1. The van der Waals surface area contributed by atoms with E-state index >= 15 is 0 Å². The maximum absolute atomic E-state index is 13.1. The Hall–Kier alpha value is -1.45. The number of quaternary nitrogens is 1. The smallest absolute Gasteiger partial charge is 0.220 e. The SMILES string of the molecule is O=C(c1ccc(Br)cc1)[C@H](Cc1ccccc1)[NH+]1CCCCC1. The summed E-state index contributed by atoms with van der Waals surface area (Å²) in [7, 11) is 0. The molecule has 1 aliphatic heterocycles. The number of halogens is 1. The first-order valence-corrected chi connectivity index (χ1v) is 9.21. The normalized spacial score (nSPS) is 16.9. The second-order valence-electron chi connectivity index (χ2n) is 6.33. The number of ketones is 1.